The van der Waals surface area contributed by atoms with Gasteiger partial charge in [-0.3, -0.25) is 4.79 Å². The highest BCUT2D eigenvalue weighted by Gasteiger charge is 2.34. The highest BCUT2D eigenvalue weighted by atomic mass is 16.5. The van der Waals surface area contributed by atoms with Crippen molar-refractivity contribution < 1.29 is 14.1 Å². The summed E-state index contributed by atoms with van der Waals surface area (Å²) in [7, 11) is 0. The van der Waals surface area contributed by atoms with Crippen LogP contribution in [0.15, 0.2) is 53.1 Å². The number of benzene rings is 2. The molecule has 0 fully saturated rings. The van der Waals surface area contributed by atoms with E-state index in [1.807, 2.05) is 69.3 Å². The minimum Gasteiger partial charge on any atom is -0.487 e. The second kappa shape index (κ2) is 7.70. The fourth-order valence-electron chi connectivity index (χ4n) is 3.68. The number of nitrogens with zero attached hydrogens (tertiary/aromatic N) is 2. The maximum Gasteiger partial charge on any atom is 0.227 e. The van der Waals surface area contributed by atoms with E-state index in [2.05, 4.69) is 15.5 Å². The summed E-state index contributed by atoms with van der Waals surface area (Å²) in [4.78, 5) is 17.0. The molecule has 0 saturated carbocycles. The molecule has 1 atom stereocenters. The maximum atomic E-state index is 12.6. The molecular weight excluding hydrogens is 366 g/mol. The lowest BCUT2D eigenvalue weighted by Gasteiger charge is -2.37. The molecule has 1 aliphatic heterocycles. The Labute approximate surface area is 170 Å². The number of hydrogen-bond donors (Lipinski definition) is 1. The van der Waals surface area contributed by atoms with Crippen molar-refractivity contribution in [2.75, 3.05) is 0 Å². The minimum absolute atomic E-state index is 0.0437. The third kappa shape index (κ3) is 4.47. The van der Waals surface area contributed by atoms with Crippen LogP contribution in [0.5, 0.6) is 5.75 Å². The Kier molecular flexibility index (Phi) is 5.09. The molecule has 29 heavy (non-hydrogen) atoms. The number of carbonyl (C=O) groups is 1. The van der Waals surface area contributed by atoms with E-state index in [-0.39, 0.29) is 24.0 Å². The van der Waals surface area contributed by atoms with Crippen molar-refractivity contribution in [1.29, 1.82) is 0 Å². The van der Waals surface area contributed by atoms with Crippen molar-refractivity contribution in [3.63, 3.8) is 0 Å². The smallest absolute Gasteiger partial charge is 0.227 e. The van der Waals surface area contributed by atoms with Crippen molar-refractivity contribution in [2.45, 2.75) is 51.7 Å². The van der Waals surface area contributed by atoms with E-state index in [0.29, 0.717) is 24.6 Å². The van der Waals surface area contributed by atoms with Crippen LogP contribution in [0.3, 0.4) is 0 Å². The lowest BCUT2D eigenvalue weighted by atomic mass is 9.89. The zero-order valence-electron chi connectivity index (χ0n) is 16.9. The van der Waals surface area contributed by atoms with Gasteiger partial charge in [-0.1, -0.05) is 47.1 Å². The zero-order valence-corrected chi connectivity index (χ0v) is 16.9. The number of aryl methyl sites for hydroxylation is 2. The molecule has 3 aromatic rings. The summed E-state index contributed by atoms with van der Waals surface area (Å²) < 4.78 is 11.4. The van der Waals surface area contributed by atoms with Gasteiger partial charge in [-0.2, -0.15) is 4.98 Å². The van der Waals surface area contributed by atoms with Crippen LogP contribution in [-0.2, 0) is 11.2 Å². The van der Waals surface area contributed by atoms with Crippen LogP contribution in [0, 0.1) is 6.92 Å². The summed E-state index contributed by atoms with van der Waals surface area (Å²) in [5, 5.41) is 7.17. The number of rotatable bonds is 5. The molecule has 0 spiro atoms. The Balaban J connectivity index is 1.39. The first-order valence-corrected chi connectivity index (χ1v) is 9.86. The molecule has 2 heterocycles. The summed E-state index contributed by atoms with van der Waals surface area (Å²) in [5.41, 5.74) is 2.72. The van der Waals surface area contributed by atoms with E-state index < -0.39 is 0 Å². The second-order valence-corrected chi connectivity index (χ2v) is 8.11. The molecule has 1 aliphatic rings. The van der Waals surface area contributed by atoms with E-state index in [1.165, 1.54) is 0 Å². The van der Waals surface area contributed by atoms with E-state index in [0.717, 1.165) is 22.4 Å². The van der Waals surface area contributed by atoms with Gasteiger partial charge < -0.3 is 14.6 Å². The molecule has 1 N–H and O–H groups in total. The molecule has 1 amide bonds. The fraction of sp³-hybridized carbons (Fsp3) is 0.348. The average molecular weight is 391 g/mol. The SMILES string of the molecule is Cc1cccc(-c2noc(CCC(=O)N[C@@H]3CC(C)(C)Oc4ccccc43)n2)c1. The normalized spacial score (nSPS) is 17.3. The van der Waals surface area contributed by atoms with Crippen LogP contribution in [0.1, 0.15) is 49.7 Å². The molecule has 4 rings (SSSR count). The summed E-state index contributed by atoms with van der Waals surface area (Å²) in [6.07, 6.45) is 1.40. The number of aromatic nitrogens is 2. The van der Waals surface area contributed by atoms with Crippen molar-refractivity contribution >= 4 is 5.91 Å². The van der Waals surface area contributed by atoms with Gasteiger partial charge in [-0.15, -0.1) is 0 Å². The first-order valence-electron chi connectivity index (χ1n) is 9.86. The van der Waals surface area contributed by atoms with Crippen LogP contribution in [0.4, 0.5) is 0 Å². The Morgan fingerprint density at radius 3 is 2.86 bits per heavy atom. The van der Waals surface area contributed by atoms with Crippen molar-refractivity contribution in [2.24, 2.45) is 0 Å². The van der Waals surface area contributed by atoms with E-state index >= 15 is 0 Å². The molecule has 6 heteroatoms. The number of para-hydroxylation sites is 1. The second-order valence-electron chi connectivity index (χ2n) is 8.11. The summed E-state index contributed by atoms with van der Waals surface area (Å²) in [6.45, 7) is 6.09. The van der Waals surface area contributed by atoms with Crippen LogP contribution in [-0.4, -0.2) is 21.6 Å². The molecule has 1 aromatic heterocycles. The molecule has 0 radical (unpaired) electrons. The molecule has 6 nitrogen and oxygen atoms in total. The molecule has 2 aromatic carbocycles. The Morgan fingerprint density at radius 2 is 2.03 bits per heavy atom. The van der Waals surface area contributed by atoms with Gasteiger partial charge >= 0.3 is 0 Å². The number of nitrogens with one attached hydrogen (secondary N) is 1. The van der Waals surface area contributed by atoms with Crippen LogP contribution in [0.25, 0.3) is 11.4 Å². The highest BCUT2D eigenvalue weighted by molar-refractivity contribution is 5.76. The number of hydrogen-bond acceptors (Lipinski definition) is 5. The van der Waals surface area contributed by atoms with Gasteiger partial charge in [0.15, 0.2) is 0 Å². The third-order valence-corrected chi connectivity index (χ3v) is 5.02. The zero-order chi connectivity index (χ0) is 20.4. The van der Waals surface area contributed by atoms with Crippen LogP contribution >= 0.6 is 0 Å². The van der Waals surface area contributed by atoms with Gasteiger partial charge in [0.1, 0.15) is 11.4 Å². The van der Waals surface area contributed by atoms with Crippen LogP contribution < -0.4 is 10.1 Å². The molecule has 0 bridgehead atoms. The summed E-state index contributed by atoms with van der Waals surface area (Å²) in [5.74, 6) is 1.79. The number of ether oxygens (including phenoxy) is 1. The van der Waals surface area contributed by atoms with Gasteiger partial charge in [-0.25, -0.2) is 0 Å². The first-order chi connectivity index (χ1) is 13.9. The van der Waals surface area contributed by atoms with Gasteiger partial charge in [0.25, 0.3) is 0 Å². The highest BCUT2D eigenvalue weighted by Crippen LogP contribution is 2.39. The average Bonchev–Trinajstić information content (AvgIpc) is 3.15. The molecule has 0 aliphatic carbocycles. The van der Waals surface area contributed by atoms with Gasteiger partial charge in [0.2, 0.25) is 17.6 Å². The lowest BCUT2D eigenvalue weighted by Crippen LogP contribution is -2.41. The van der Waals surface area contributed by atoms with E-state index in [9.17, 15) is 4.79 Å². The van der Waals surface area contributed by atoms with Crippen molar-refractivity contribution in [3.8, 4) is 17.1 Å². The van der Waals surface area contributed by atoms with Gasteiger partial charge in [0.05, 0.1) is 6.04 Å². The molecule has 0 unspecified atom stereocenters. The third-order valence-electron chi connectivity index (χ3n) is 5.02. The molecule has 150 valence electrons. The quantitative estimate of drug-likeness (QED) is 0.698. The molecular formula is C23H25N3O3. The summed E-state index contributed by atoms with van der Waals surface area (Å²) in [6, 6.07) is 15.7. The van der Waals surface area contributed by atoms with Crippen molar-refractivity contribution in [1.82, 2.24) is 15.5 Å². The number of carbonyl (C=O) groups excluding carboxylic acids is 1. The minimum atomic E-state index is -0.332. The Bertz CT molecular complexity index is 1030. The van der Waals surface area contributed by atoms with Gasteiger partial charge in [0, 0.05) is 30.4 Å². The van der Waals surface area contributed by atoms with Crippen LogP contribution in [0.2, 0.25) is 0 Å². The number of amides is 1. The number of fused-ring (bicyclic) bond motifs is 1. The Morgan fingerprint density at radius 1 is 1.21 bits per heavy atom. The van der Waals surface area contributed by atoms with E-state index in [1.54, 1.807) is 0 Å². The van der Waals surface area contributed by atoms with Crippen molar-refractivity contribution in [3.05, 3.63) is 65.5 Å². The first kappa shape index (κ1) is 19.2. The summed E-state index contributed by atoms with van der Waals surface area (Å²) >= 11 is 0. The molecule has 0 saturated heterocycles. The van der Waals surface area contributed by atoms with E-state index in [4.69, 9.17) is 9.26 Å². The topological polar surface area (TPSA) is 77.2 Å². The largest absolute Gasteiger partial charge is 0.487 e. The maximum absolute atomic E-state index is 12.6. The standard InChI is InChI=1S/C23H25N3O3/c1-15-7-6-8-16(13-15)22-25-21(29-26-22)12-11-20(27)24-18-14-23(2,3)28-19-10-5-4-9-17(18)19/h4-10,13,18H,11-12,14H2,1-3H3,(H,24,27)/t18-/m1/s1. The Hall–Kier alpha value is -3.15. The predicted molar refractivity (Wildman–Crippen MR) is 109 cm³/mol. The fourth-order valence-corrected chi connectivity index (χ4v) is 3.68. The monoisotopic (exact) mass is 391 g/mol. The predicted octanol–water partition coefficient (Wildman–Crippen LogP) is 4.40. The van der Waals surface area contributed by atoms with Gasteiger partial charge in [-0.05, 0) is 32.9 Å². The lowest BCUT2D eigenvalue weighted by molar-refractivity contribution is -0.122.